The minimum Gasteiger partial charge on any atom is -0.480 e. The fourth-order valence-corrected chi connectivity index (χ4v) is 7.07. The number of unbranched alkanes of at least 4 members (excludes halogenated alkanes) is 28. The molecule has 54 heavy (non-hydrogen) atoms. The minimum absolute atomic E-state index is 0.00381. The number of carboxylic acid groups (broad SMARTS) is 1. The Balaban J connectivity index is 4.24. The molecule has 0 saturated heterocycles. The molecule has 0 saturated carbocycles. The molecule has 9 nitrogen and oxygen atoms in total. The van der Waals surface area contributed by atoms with Crippen LogP contribution in [0.4, 0.5) is 0 Å². The SMILES string of the molecule is CCCCCCCCCCCCCCCCCC(=O)OC(CCCCCCCCCCCCC)CCCCCCCC(=O)NCC(=O)NC(CO)C(=O)O. The standard InChI is InChI=1S/C45H86N2O7/c1-3-5-7-9-11-13-15-16-17-18-20-22-24-29-33-37-44(51)54-40(34-30-26-23-21-19-14-12-10-8-6-4-2)35-31-27-25-28-32-36-42(49)46-38-43(50)47-41(39-48)45(52)53/h40-41,48H,3-39H2,1-2H3,(H,46,49)(H,47,50)(H,52,53). The molecule has 0 aliphatic heterocycles. The Hall–Kier alpha value is -2.16. The Morgan fingerprint density at radius 2 is 0.833 bits per heavy atom. The van der Waals surface area contributed by atoms with E-state index in [-0.39, 0.29) is 24.5 Å². The van der Waals surface area contributed by atoms with Crippen molar-refractivity contribution in [2.45, 2.75) is 251 Å². The third-order valence-corrected chi connectivity index (χ3v) is 10.6. The van der Waals surface area contributed by atoms with E-state index in [9.17, 15) is 19.2 Å². The van der Waals surface area contributed by atoms with Crippen molar-refractivity contribution >= 4 is 23.8 Å². The summed E-state index contributed by atoms with van der Waals surface area (Å²) < 4.78 is 6.04. The van der Waals surface area contributed by atoms with Crippen LogP contribution in [-0.4, -0.2) is 59.3 Å². The van der Waals surface area contributed by atoms with Crippen molar-refractivity contribution < 1.29 is 34.1 Å². The molecule has 318 valence electrons. The zero-order chi connectivity index (χ0) is 39.7. The number of carbonyl (C=O) groups excluding carboxylic acids is 3. The summed E-state index contributed by atoms with van der Waals surface area (Å²) in [6.45, 7) is 3.51. The van der Waals surface area contributed by atoms with Gasteiger partial charge in [0, 0.05) is 12.8 Å². The molecule has 2 amide bonds. The lowest BCUT2D eigenvalue weighted by molar-refractivity contribution is -0.150. The molecule has 0 fully saturated rings. The van der Waals surface area contributed by atoms with Crippen molar-refractivity contribution in [1.29, 1.82) is 0 Å². The summed E-state index contributed by atoms with van der Waals surface area (Å²) in [4.78, 5) is 47.6. The predicted molar refractivity (Wildman–Crippen MR) is 222 cm³/mol. The average Bonchev–Trinajstić information content (AvgIpc) is 3.15. The number of rotatable bonds is 42. The first-order chi connectivity index (χ1) is 26.3. The molecule has 0 heterocycles. The smallest absolute Gasteiger partial charge is 0.328 e. The number of esters is 1. The second-order valence-electron chi connectivity index (χ2n) is 15.9. The lowest BCUT2D eigenvalue weighted by Gasteiger charge is -2.18. The summed E-state index contributed by atoms with van der Waals surface area (Å²) in [7, 11) is 0. The van der Waals surface area contributed by atoms with Gasteiger partial charge in [0.25, 0.3) is 0 Å². The van der Waals surface area contributed by atoms with Gasteiger partial charge < -0.3 is 25.6 Å². The molecule has 9 heteroatoms. The molecule has 4 N–H and O–H groups in total. The van der Waals surface area contributed by atoms with Gasteiger partial charge >= 0.3 is 11.9 Å². The number of hydrogen-bond acceptors (Lipinski definition) is 6. The monoisotopic (exact) mass is 767 g/mol. The van der Waals surface area contributed by atoms with Gasteiger partial charge in [0.15, 0.2) is 0 Å². The second kappa shape index (κ2) is 40.5. The first kappa shape index (κ1) is 51.8. The zero-order valence-electron chi connectivity index (χ0n) is 35.3. The van der Waals surface area contributed by atoms with E-state index in [0.29, 0.717) is 19.3 Å². The Bertz CT molecular complexity index is 884. The Morgan fingerprint density at radius 3 is 1.20 bits per heavy atom. The fourth-order valence-electron chi connectivity index (χ4n) is 7.07. The van der Waals surface area contributed by atoms with Gasteiger partial charge in [-0.2, -0.15) is 0 Å². The van der Waals surface area contributed by atoms with Gasteiger partial charge in [0.05, 0.1) is 13.2 Å². The number of aliphatic hydroxyl groups is 1. The Kier molecular flexibility index (Phi) is 38.9. The van der Waals surface area contributed by atoms with Gasteiger partial charge in [0.1, 0.15) is 12.1 Å². The first-order valence-electron chi connectivity index (χ1n) is 22.9. The largest absolute Gasteiger partial charge is 0.480 e. The van der Waals surface area contributed by atoms with Gasteiger partial charge in [-0.3, -0.25) is 14.4 Å². The highest BCUT2D eigenvalue weighted by Crippen LogP contribution is 2.19. The number of nitrogens with one attached hydrogen (secondary N) is 2. The van der Waals surface area contributed by atoms with Crippen LogP contribution in [0.15, 0.2) is 0 Å². The van der Waals surface area contributed by atoms with Crippen LogP contribution in [0.1, 0.15) is 239 Å². The van der Waals surface area contributed by atoms with E-state index in [1.54, 1.807) is 0 Å². The number of carbonyl (C=O) groups is 4. The van der Waals surface area contributed by atoms with Crippen molar-refractivity contribution in [3.63, 3.8) is 0 Å². The third-order valence-electron chi connectivity index (χ3n) is 10.6. The van der Waals surface area contributed by atoms with Gasteiger partial charge in [-0.15, -0.1) is 0 Å². The molecule has 0 radical (unpaired) electrons. The lowest BCUT2D eigenvalue weighted by atomic mass is 10.0. The van der Waals surface area contributed by atoms with E-state index in [2.05, 4.69) is 24.5 Å². The zero-order valence-corrected chi connectivity index (χ0v) is 35.3. The van der Waals surface area contributed by atoms with E-state index in [1.165, 1.54) is 148 Å². The number of amides is 2. The van der Waals surface area contributed by atoms with Crippen molar-refractivity contribution in [2.24, 2.45) is 0 Å². The molecule has 0 bridgehead atoms. The molecule has 2 unspecified atom stereocenters. The van der Waals surface area contributed by atoms with Crippen LogP contribution >= 0.6 is 0 Å². The molecule has 0 aliphatic carbocycles. The molecule has 0 aromatic rings. The van der Waals surface area contributed by atoms with E-state index in [4.69, 9.17) is 14.9 Å². The summed E-state index contributed by atoms with van der Waals surface area (Å²) in [5.74, 6) is -2.27. The molecular formula is C45H86N2O7. The molecule has 0 aromatic carbocycles. The van der Waals surface area contributed by atoms with Gasteiger partial charge in [0.2, 0.25) is 11.8 Å². The summed E-state index contributed by atoms with van der Waals surface area (Å²) >= 11 is 0. The maximum atomic E-state index is 12.8. The third kappa shape index (κ3) is 36.8. The van der Waals surface area contributed by atoms with Gasteiger partial charge in [-0.1, -0.05) is 187 Å². The molecule has 0 aromatic heterocycles. The minimum atomic E-state index is -1.38. The van der Waals surface area contributed by atoms with Gasteiger partial charge in [-0.05, 0) is 38.5 Å². The van der Waals surface area contributed by atoms with Crippen molar-refractivity contribution in [3.8, 4) is 0 Å². The van der Waals surface area contributed by atoms with Crippen molar-refractivity contribution in [3.05, 3.63) is 0 Å². The number of aliphatic carboxylic acids is 1. The van der Waals surface area contributed by atoms with Crippen molar-refractivity contribution in [1.82, 2.24) is 10.6 Å². The van der Waals surface area contributed by atoms with Crippen LogP contribution in [0.3, 0.4) is 0 Å². The molecule has 0 aliphatic rings. The van der Waals surface area contributed by atoms with Crippen molar-refractivity contribution in [2.75, 3.05) is 13.2 Å². The number of carboxylic acids is 1. The number of hydrogen-bond donors (Lipinski definition) is 4. The molecular weight excluding hydrogens is 681 g/mol. The maximum Gasteiger partial charge on any atom is 0.328 e. The number of aliphatic hydroxyl groups excluding tert-OH is 1. The molecule has 0 rings (SSSR count). The van der Waals surface area contributed by atoms with E-state index >= 15 is 0 Å². The topological polar surface area (TPSA) is 142 Å². The van der Waals surface area contributed by atoms with Crippen LogP contribution in [-0.2, 0) is 23.9 Å². The first-order valence-corrected chi connectivity index (χ1v) is 22.9. The Labute approximate surface area is 331 Å². The second-order valence-corrected chi connectivity index (χ2v) is 15.9. The summed E-state index contributed by atoms with van der Waals surface area (Å²) in [6, 6.07) is -1.38. The number of ether oxygens (including phenoxy) is 1. The summed E-state index contributed by atoms with van der Waals surface area (Å²) in [5.41, 5.74) is 0. The van der Waals surface area contributed by atoms with E-state index in [0.717, 1.165) is 57.8 Å². The van der Waals surface area contributed by atoms with Crippen LogP contribution in [0.5, 0.6) is 0 Å². The fraction of sp³-hybridized carbons (Fsp3) is 0.911. The summed E-state index contributed by atoms with van der Waals surface area (Å²) in [6.07, 6.45) is 41.3. The highest BCUT2D eigenvalue weighted by molar-refractivity contribution is 5.87. The van der Waals surface area contributed by atoms with Crippen LogP contribution in [0.25, 0.3) is 0 Å². The predicted octanol–water partition coefficient (Wildman–Crippen LogP) is 11.3. The van der Waals surface area contributed by atoms with Gasteiger partial charge in [-0.25, -0.2) is 4.79 Å². The Morgan fingerprint density at radius 1 is 0.481 bits per heavy atom. The summed E-state index contributed by atoms with van der Waals surface area (Å²) in [5, 5.41) is 22.6. The van der Waals surface area contributed by atoms with Crippen LogP contribution < -0.4 is 10.6 Å². The highest BCUT2D eigenvalue weighted by Gasteiger charge is 2.19. The van der Waals surface area contributed by atoms with E-state index in [1.807, 2.05) is 0 Å². The molecule has 2 atom stereocenters. The van der Waals surface area contributed by atoms with Crippen LogP contribution in [0, 0.1) is 0 Å². The quantitative estimate of drug-likeness (QED) is 0.0358. The normalized spacial score (nSPS) is 12.4. The lowest BCUT2D eigenvalue weighted by Crippen LogP contribution is -2.47. The van der Waals surface area contributed by atoms with E-state index < -0.39 is 24.5 Å². The maximum absolute atomic E-state index is 12.8. The molecule has 0 spiro atoms. The van der Waals surface area contributed by atoms with Crippen LogP contribution in [0.2, 0.25) is 0 Å². The average molecular weight is 767 g/mol. The highest BCUT2D eigenvalue weighted by atomic mass is 16.5.